The summed E-state index contributed by atoms with van der Waals surface area (Å²) < 4.78 is 1.48. The molecule has 20 heavy (non-hydrogen) atoms. The van der Waals surface area contributed by atoms with E-state index in [4.69, 9.17) is 9.69 Å². The van der Waals surface area contributed by atoms with Crippen molar-refractivity contribution in [2.45, 2.75) is 60.3 Å². The molecular formula is C18H27ClRu. The van der Waals surface area contributed by atoms with E-state index < -0.39 is 0 Å². The standard InChI is InChI=1S/C10H15.C8H12.ClH.Ru/c1-7-6-10(4,5)9(3)8(7)2;1-2-4-6-8-7-5-3-1;;/h1-5H3;1-4H,5-8H2;1H;/q;;;+1/p-1/b;3-1-,4-2-;;. The van der Waals surface area contributed by atoms with Crippen LogP contribution in [0, 0.1) is 5.41 Å². The van der Waals surface area contributed by atoms with Crippen LogP contribution in [0.25, 0.3) is 0 Å². The van der Waals surface area contributed by atoms with Crippen LogP contribution in [0.5, 0.6) is 0 Å². The summed E-state index contributed by atoms with van der Waals surface area (Å²) in [5, 5.41) is 0. The molecule has 0 spiro atoms. The third kappa shape index (κ3) is 4.44. The van der Waals surface area contributed by atoms with E-state index in [-0.39, 0.29) is 21.6 Å². The first-order valence-corrected chi connectivity index (χ1v) is 10.5. The molecular weight excluding hydrogens is 353 g/mol. The molecule has 0 aliphatic heterocycles. The summed E-state index contributed by atoms with van der Waals surface area (Å²) in [6.07, 6.45) is 14.0. The monoisotopic (exact) mass is 380 g/mol. The summed E-state index contributed by atoms with van der Waals surface area (Å²) in [5.74, 6) is 0. The van der Waals surface area contributed by atoms with E-state index in [2.05, 4.69) is 58.9 Å². The van der Waals surface area contributed by atoms with Gasteiger partial charge in [-0.3, -0.25) is 0 Å². The Morgan fingerprint density at radius 1 is 0.950 bits per heavy atom. The molecule has 0 heterocycles. The van der Waals surface area contributed by atoms with Crippen LogP contribution in [0.1, 0.15) is 60.3 Å². The molecule has 0 saturated carbocycles. The van der Waals surface area contributed by atoms with Crippen molar-refractivity contribution in [1.29, 1.82) is 0 Å². The zero-order chi connectivity index (χ0) is 15.2. The molecule has 0 unspecified atom stereocenters. The van der Waals surface area contributed by atoms with Gasteiger partial charge < -0.3 is 0 Å². The zero-order valence-electron chi connectivity index (χ0n) is 13.4. The van der Waals surface area contributed by atoms with Crippen molar-refractivity contribution in [3.05, 3.63) is 45.2 Å². The molecule has 0 aromatic rings. The van der Waals surface area contributed by atoms with Gasteiger partial charge in [0.15, 0.2) is 0 Å². The summed E-state index contributed by atoms with van der Waals surface area (Å²) in [5.41, 5.74) is 4.61. The van der Waals surface area contributed by atoms with Crippen LogP contribution in [-0.4, -0.2) is 0 Å². The Morgan fingerprint density at radius 2 is 1.45 bits per heavy atom. The molecule has 0 fully saturated rings. The fourth-order valence-corrected chi connectivity index (χ4v) is 5.44. The molecule has 0 atom stereocenters. The Labute approximate surface area is 136 Å². The van der Waals surface area contributed by atoms with Gasteiger partial charge in [-0.05, 0) is 25.7 Å². The second kappa shape index (κ2) is 8.35. The van der Waals surface area contributed by atoms with Crippen molar-refractivity contribution in [2.75, 3.05) is 0 Å². The first kappa shape index (κ1) is 17.9. The summed E-state index contributed by atoms with van der Waals surface area (Å²) >= 11 is -0.101. The number of hydrogen-bond donors (Lipinski definition) is 0. The van der Waals surface area contributed by atoms with Crippen LogP contribution in [0.4, 0.5) is 0 Å². The van der Waals surface area contributed by atoms with Crippen LogP contribution in [-0.2, 0) is 16.1 Å². The Bertz CT molecular complexity index is 436. The van der Waals surface area contributed by atoms with Crippen molar-refractivity contribution in [3.8, 4) is 0 Å². The van der Waals surface area contributed by atoms with Crippen LogP contribution in [0.3, 0.4) is 0 Å². The maximum atomic E-state index is 6.02. The maximum absolute atomic E-state index is 6.02. The van der Waals surface area contributed by atoms with Crippen LogP contribution in [0.15, 0.2) is 45.2 Å². The Hall–Kier alpha value is -0.127. The van der Waals surface area contributed by atoms with Gasteiger partial charge in [0.25, 0.3) is 0 Å². The van der Waals surface area contributed by atoms with Crippen molar-refractivity contribution in [1.82, 2.24) is 0 Å². The molecule has 0 aromatic carbocycles. The molecule has 0 saturated heterocycles. The van der Waals surface area contributed by atoms with E-state index in [9.17, 15) is 0 Å². The van der Waals surface area contributed by atoms with Crippen molar-refractivity contribution < 1.29 is 16.1 Å². The Kier molecular flexibility index (Phi) is 7.48. The van der Waals surface area contributed by atoms with Crippen molar-refractivity contribution in [3.63, 3.8) is 0 Å². The van der Waals surface area contributed by atoms with Gasteiger partial charge in [0.1, 0.15) is 0 Å². The average Bonchev–Trinajstić information content (AvgIpc) is 2.50. The van der Waals surface area contributed by atoms with E-state index in [1.165, 1.54) is 46.6 Å². The molecule has 114 valence electrons. The zero-order valence-corrected chi connectivity index (χ0v) is 15.9. The summed E-state index contributed by atoms with van der Waals surface area (Å²) in [6, 6.07) is 0. The van der Waals surface area contributed by atoms with Gasteiger partial charge in [0.05, 0.1) is 0 Å². The Balaban J connectivity index is 0.000000217. The molecule has 0 radical (unpaired) electrons. The Morgan fingerprint density at radius 3 is 1.75 bits per heavy atom. The van der Waals surface area contributed by atoms with Gasteiger partial charge >= 0.3 is 86.7 Å². The third-order valence-electron chi connectivity index (χ3n) is 4.36. The fraction of sp³-hybridized carbons (Fsp3) is 0.556. The number of hydrogen-bond acceptors (Lipinski definition) is 0. The quantitative estimate of drug-likeness (QED) is 0.453. The van der Waals surface area contributed by atoms with Crippen LogP contribution >= 0.6 is 9.69 Å². The molecule has 2 aliphatic rings. The van der Waals surface area contributed by atoms with E-state index in [0.717, 1.165) is 0 Å². The first-order valence-electron chi connectivity index (χ1n) is 7.38. The first-order chi connectivity index (χ1) is 9.42. The van der Waals surface area contributed by atoms with Crippen molar-refractivity contribution in [2.24, 2.45) is 5.41 Å². The molecule has 0 amide bonds. The second-order valence-electron chi connectivity index (χ2n) is 6.01. The van der Waals surface area contributed by atoms with E-state index in [0.29, 0.717) is 0 Å². The number of halogens is 1. The molecule has 0 nitrogen and oxygen atoms in total. The minimum atomic E-state index is -0.101. The fourth-order valence-electron chi connectivity index (χ4n) is 2.55. The van der Waals surface area contributed by atoms with Gasteiger partial charge in [0.2, 0.25) is 0 Å². The molecule has 0 bridgehead atoms. The minimum absolute atomic E-state index is 0.101. The van der Waals surface area contributed by atoms with Gasteiger partial charge in [0, 0.05) is 0 Å². The summed E-state index contributed by atoms with van der Waals surface area (Å²) in [4.78, 5) is 0. The van der Waals surface area contributed by atoms with E-state index in [1.807, 2.05) is 0 Å². The second-order valence-corrected chi connectivity index (χ2v) is 8.00. The normalized spacial score (nSPS) is 24.9. The van der Waals surface area contributed by atoms with Gasteiger partial charge in [-0.1, -0.05) is 24.3 Å². The SMILES string of the molecule is C1=C\CCCC\C=C/1.CC1=C(C)C(C)(C)[C]([Ru][Cl])=C1C. The average molecular weight is 380 g/mol. The number of allylic oxidation sites excluding steroid dienone is 8. The molecule has 2 aliphatic carbocycles. The van der Waals surface area contributed by atoms with E-state index >= 15 is 0 Å². The molecule has 2 heteroatoms. The van der Waals surface area contributed by atoms with Gasteiger partial charge in [-0.25, -0.2) is 0 Å². The third-order valence-corrected chi connectivity index (χ3v) is 7.21. The van der Waals surface area contributed by atoms with Crippen LogP contribution < -0.4 is 0 Å². The molecule has 0 N–H and O–H groups in total. The van der Waals surface area contributed by atoms with Crippen LogP contribution in [0.2, 0.25) is 0 Å². The summed E-state index contributed by atoms with van der Waals surface area (Å²) in [6.45, 7) is 11.2. The number of rotatable bonds is 1. The van der Waals surface area contributed by atoms with Gasteiger partial charge in [-0.2, -0.15) is 0 Å². The molecule has 2 rings (SSSR count). The van der Waals surface area contributed by atoms with Gasteiger partial charge in [-0.15, -0.1) is 0 Å². The summed E-state index contributed by atoms with van der Waals surface area (Å²) in [7, 11) is 6.02. The molecule has 0 aromatic heterocycles. The topological polar surface area (TPSA) is 0 Å². The predicted molar refractivity (Wildman–Crippen MR) is 87.5 cm³/mol. The van der Waals surface area contributed by atoms with Crippen molar-refractivity contribution >= 4 is 9.69 Å². The predicted octanol–water partition coefficient (Wildman–Crippen LogP) is 6.55. The van der Waals surface area contributed by atoms with E-state index in [1.54, 1.807) is 0 Å².